The van der Waals surface area contributed by atoms with Crippen LogP contribution in [0, 0.1) is 5.92 Å². The first-order chi connectivity index (χ1) is 16.1. The molecule has 0 saturated carbocycles. The van der Waals surface area contributed by atoms with E-state index in [1.54, 1.807) is 17.7 Å². The molecule has 4 heterocycles. The number of carbonyl (C=O) groups is 1. The first kappa shape index (κ1) is 21.9. The lowest BCUT2D eigenvalue weighted by atomic mass is 9.97. The van der Waals surface area contributed by atoms with E-state index in [4.69, 9.17) is 17.3 Å². The number of aromatic amines is 1. The number of nitrogens with two attached hydrogens (primary N) is 1. The molecule has 170 valence electrons. The fraction of sp³-hybridized carbons (Fsp3) is 0.292. The highest BCUT2D eigenvalue weighted by atomic mass is 35.5. The third-order valence-electron chi connectivity index (χ3n) is 6.16. The zero-order valence-electron chi connectivity index (χ0n) is 18.1. The van der Waals surface area contributed by atoms with E-state index in [1.165, 1.54) is 4.88 Å². The summed E-state index contributed by atoms with van der Waals surface area (Å²) in [4.78, 5) is 30.9. The van der Waals surface area contributed by atoms with Gasteiger partial charge in [-0.15, -0.1) is 11.3 Å². The quantitative estimate of drug-likeness (QED) is 0.438. The molecular formula is C24H25ClN6OS. The van der Waals surface area contributed by atoms with Gasteiger partial charge in [-0.3, -0.25) is 4.79 Å². The maximum atomic E-state index is 13.2. The minimum absolute atomic E-state index is 0.112. The fourth-order valence-corrected chi connectivity index (χ4v) is 5.26. The molecule has 3 N–H and O–H groups in total. The number of H-pyrrole nitrogens is 1. The molecule has 0 bridgehead atoms. The summed E-state index contributed by atoms with van der Waals surface area (Å²) in [6.45, 7) is 3.03. The van der Waals surface area contributed by atoms with E-state index in [0.29, 0.717) is 44.2 Å². The summed E-state index contributed by atoms with van der Waals surface area (Å²) in [6.07, 6.45) is 4.21. The van der Waals surface area contributed by atoms with Crippen LogP contribution in [0.4, 0.5) is 5.82 Å². The van der Waals surface area contributed by atoms with Crippen molar-refractivity contribution >= 4 is 45.7 Å². The summed E-state index contributed by atoms with van der Waals surface area (Å²) in [6, 6.07) is 11.8. The van der Waals surface area contributed by atoms with E-state index in [-0.39, 0.29) is 11.8 Å². The van der Waals surface area contributed by atoms with Gasteiger partial charge in [0.15, 0.2) is 0 Å². The maximum absolute atomic E-state index is 13.2. The Labute approximate surface area is 201 Å². The smallest absolute Gasteiger partial charge is 0.227 e. The second-order valence-corrected chi connectivity index (χ2v) is 9.56. The molecule has 9 heteroatoms. The Morgan fingerprint density at radius 3 is 2.64 bits per heavy atom. The lowest BCUT2D eigenvalue weighted by molar-refractivity contribution is -0.135. The number of piperazine rings is 1. The van der Waals surface area contributed by atoms with Gasteiger partial charge in [0, 0.05) is 54.4 Å². The highest BCUT2D eigenvalue weighted by molar-refractivity contribution is 7.13. The fourth-order valence-electron chi connectivity index (χ4n) is 4.39. The zero-order chi connectivity index (χ0) is 22.8. The average Bonchev–Trinajstić information content (AvgIpc) is 3.53. The van der Waals surface area contributed by atoms with Gasteiger partial charge in [-0.1, -0.05) is 29.8 Å². The minimum Gasteiger partial charge on any atom is -0.352 e. The van der Waals surface area contributed by atoms with E-state index in [0.717, 1.165) is 28.0 Å². The van der Waals surface area contributed by atoms with Crippen molar-refractivity contribution in [2.24, 2.45) is 11.7 Å². The van der Waals surface area contributed by atoms with Crippen LogP contribution < -0.4 is 10.6 Å². The van der Waals surface area contributed by atoms with E-state index >= 15 is 0 Å². The van der Waals surface area contributed by atoms with Gasteiger partial charge in [-0.05, 0) is 35.6 Å². The van der Waals surface area contributed by atoms with Gasteiger partial charge in [0.1, 0.15) is 17.8 Å². The standard InChI is InChI=1S/C24H25ClN6OS/c25-18-5-3-16(4-6-18)12-17(13-26)24(32)31-9-7-30(8-10-31)23-21-19(20-2-1-11-33-20)14-27-22(21)28-15-29-23/h1-6,11,14-15,17H,7-10,12-13,26H2,(H,27,28,29)/t17-/m0/s1. The van der Waals surface area contributed by atoms with Crippen LogP contribution in [-0.2, 0) is 11.2 Å². The molecule has 1 atom stereocenters. The van der Waals surface area contributed by atoms with Crippen LogP contribution in [0.15, 0.2) is 54.3 Å². The van der Waals surface area contributed by atoms with Crippen molar-refractivity contribution < 1.29 is 4.79 Å². The van der Waals surface area contributed by atoms with Gasteiger partial charge in [-0.2, -0.15) is 0 Å². The van der Waals surface area contributed by atoms with Gasteiger partial charge >= 0.3 is 0 Å². The van der Waals surface area contributed by atoms with Gasteiger partial charge in [0.2, 0.25) is 5.91 Å². The van der Waals surface area contributed by atoms with Crippen LogP contribution in [0.2, 0.25) is 5.02 Å². The largest absolute Gasteiger partial charge is 0.352 e. The number of fused-ring (bicyclic) bond motifs is 1. The molecular weight excluding hydrogens is 456 g/mol. The molecule has 33 heavy (non-hydrogen) atoms. The number of hydrogen-bond donors (Lipinski definition) is 2. The number of benzene rings is 1. The van der Waals surface area contributed by atoms with E-state index in [9.17, 15) is 4.79 Å². The second kappa shape index (κ2) is 9.51. The molecule has 3 aromatic heterocycles. The molecule has 0 unspecified atom stereocenters. The van der Waals surface area contributed by atoms with Gasteiger partial charge in [-0.25, -0.2) is 9.97 Å². The van der Waals surface area contributed by atoms with Crippen molar-refractivity contribution in [3.63, 3.8) is 0 Å². The number of anilines is 1. The number of thiophene rings is 1. The SMILES string of the molecule is NC[C@H](Cc1ccc(Cl)cc1)C(=O)N1CCN(c2ncnc3[nH]cc(-c4cccs4)c23)CC1. The van der Waals surface area contributed by atoms with Gasteiger partial charge in [0.25, 0.3) is 0 Å². The number of halogens is 1. The van der Waals surface area contributed by atoms with Crippen LogP contribution in [0.5, 0.6) is 0 Å². The van der Waals surface area contributed by atoms with Crippen molar-refractivity contribution in [3.8, 4) is 10.4 Å². The molecule has 5 rings (SSSR count). The van der Waals surface area contributed by atoms with Gasteiger partial charge in [0.05, 0.1) is 11.3 Å². The van der Waals surface area contributed by atoms with E-state index in [2.05, 4.69) is 31.3 Å². The van der Waals surface area contributed by atoms with Crippen LogP contribution in [0.3, 0.4) is 0 Å². The highest BCUT2D eigenvalue weighted by Gasteiger charge is 2.28. The number of hydrogen-bond acceptors (Lipinski definition) is 6. The van der Waals surface area contributed by atoms with Crippen LogP contribution >= 0.6 is 22.9 Å². The van der Waals surface area contributed by atoms with Gasteiger partial charge < -0.3 is 20.5 Å². The van der Waals surface area contributed by atoms with Crippen molar-refractivity contribution in [2.75, 3.05) is 37.6 Å². The predicted molar refractivity (Wildman–Crippen MR) is 134 cm³/mol. The number of nitrogens with zero attached hydrogens (tertiary/aromatic N) is 4. The number of carbonyl (C=O) groups excluding carboxylic acids is 1. The molecule has 4 aromatic rings. The number of amides is 1. The first-order valence-electron chi connectivity index (χ1n) is 11.0. The van der Waals surface area contributed by atoms with Crippen molar-refractivity contribution in [1.29, 1.82) is 0 Å². The Kier molecular flexibility index (Phi) is 6.30. The third-order valence-corrected chi connectivity index (χ3v) is 7.31. The van der Waals surface area contributed by atoms with Crippen LogP contribution in [0.25, 0.3) is 21.5 Å². The summed E-state index contributed by atoms with van der Waals surface area (Å²) in [5.74, 6) is 0.785. The Morgan fingerprint density at radius 2 is 1.94 bits per heavy atom. The minimum atomic E-state index is -0.237. The van der Waals surface area contributed by atoms with Crippen molar-refractivity contribution in [3.05, 3.63) is 64.9 Å². The number of rotatable bonds is 6. The third kappa shape index (κ3) is 4.46. The highest BCUT2D eigenvalue weighted by Crippen LogP contribution is 2.36. The Balaban J connectivity index is 1.30. The van der Waals surface area contributed by atoms with Crippen molar-refractivity contribution in [2.45, 2.75) is 6.42 Å². The molecule has 0 radical (unpaired) electrons. The van der Waals surface area contributed by atoms with Crippen LogP contribution in [0.1, 0.15) is 5.56 Å². The summed E-state index contributed by atoms with van der Waals surface area (Å²) in [5.41, 5.74) is 8.99. The molecule has 1 aromatic carbocycles. The normalized spacial score (nSPS) is 15.2. The Morgan fingerprint density at radius 1 is 1.15 bits per heavy atom. The molecule has 7 nitrogen and oxygen atoms in total. The maximum Gasteiger partial charge on any atom is 0.227 e. The summed E-state index contributed by atoms with van der Waals surface area (Å²) in [7, 11) is 0. The Hall–Kier alpha value is -2.94. The molecule has 0 aliphatic carbocycles. The predicted octanol–water partition coefficient (Wildman–Crippen LogP) is 3.81. The van der Waals surface area contributed by atoms with E-state index < -0.39 is 0 Å². The monoisotopic (exact) mass is 480 g/mol. The van der Waals surface area contributed by atoms with Crippen molar-refractivity contribution in [1.82, 2.24) is 19.9 Å². The van der Waals surface area contributed by atoms with Crippen LogP contribution in [-0.4, -0.2) is 58.5 Å². The summed E-state index contributed by atoms with van der Waals surface area (Å²) >= 11 is 7.68. The molecule has 0 spiro atoms. The lowest BCUT2D eigenvalue weighted by Crippen LogP contribution is -2.51. The molecule has 1 aliphatic heterocycles. The molecule has 1 saturated heterocycles. The zero-order valence-corrected chi connectivity index (χ0v) is 19.6. The average molecular weight is 481 g/mol. The first-order valence-corrected chi connectivity index (χ1v) is 12.2. The number of aromatic nitrogens is 3. The molecule has 1 fully saturated rings. The second-order valence-electron chi connectivity index (χ2n) is 8.18. The lowest BCUT2D eigenvalue weighted by Gasteiger charge is -2.37. The molecule has 1 aliphatic rings. The number of nitrogens with one attached hydrogen (secondary N) is 1. The topological polar surface area (TPSA) is 91.1 Å². The van der Waals surface area contributed by atoms with E-state index in [1.807, 2.05) is 41.4 Å². The molecule has 1 amide bonds. The summed E-state index contributed by atoms with van der Waals surface area (Å²) < 4.78 is 0. The summed E-state index contributed by atoms with van der Waals surface area (Å²) in [5, 5.41) is 3.79. The Bertz CT molecular complexity index is 1230.